The van der Waals surface area contributed by atoms with Crippen molar-refractivity contribution in [3.63, 3.8) is 0 Å². The van der Waals surface area contributed by atoms with Crippen LogP contribution >= 0.6 is 23.1 Å². The fraction of sp³-hybridized carbons (Fsp3) is 0.714. The van der Waals surface area contributed by atoms with E-state index in [1.807, 2.05) is 13.8 Å². The van der Waals surface area contributed by atoms with Crippen LogP contribution in [0.4, 0.5) is 5.13 Å². The number of hydrogen-bond donors (Lipinski definition) is 1. The third-order valence-electron chi connectivity index (χ3n) is 3.34. The smallest absolute Gasteiger partial charge is 0.233 e. The molecule has 1 saturated carbocycles. The molecule has 0 spiro atoms. The van der Waals surface area contributed by atoms with E-state index in [4.69, 9.17) is 4.74 Å². The van der Waals surface area contributed by atoms with Gasteiger partial charge >= 0.3 is 0 Å². The highest BCUT2D eigenvalue weighted by Crippen LogP contribution is 2.37. The third-order valence-corrected chi connectivity index (χ3v) is 5.44. The van der Waals surface area contributed by atoms with Crippen molar-refractivity contribution < 1.29 is 14.3 Å². The summed E-state index contributed by atoms with van der Waals surface area (Å²) < 4.78 is 5.60. The number of thioether (sulfide) groups is 1. The van der Waals surface area contributed by atoms with Gasteiger partial charge in [0, 0.05) is 26.1 Å². The number of amides is 2. The summed E-state index contributed by atoms with van der Waals surface area (Å²) in [5.74, 6) is 0.0121. The molecule has 2 amide bonds. The molecule has 0 unspecified atom stereocenters. The summed E-state index contributed by atoms with van der Waals surface area (Å²) in [5.41, 5.74) is 0. The Morgan fingerprint density at radius 2 is 2.22 bits per heavy atom. The van der Waals surface area contributed by atoms with Crippen LogP contribution in [0.5, 0.6) is 0 Å². The van der Waals surface area contributed by atoms with Crippen LogP contribution in [0, 0.1) is 0 Å². The fourth-order valence-corrected chi connectivity index (χ4v) is 4.04. The van der Waals surface area contributed by atoms with Crippen molar-refractivity contribution in [2.75, 3.05) is 25.2 Å². The molecule has 9 heteroatoms. The largest absolute Gasteiger partial charge is 0.383 e. The summed E-state index contributed by atoms with van der Waals surface area (Å²) in [5, 5.41) is 11.4. The lowest BCUT2D eigenvalue weighted by Crippen LogP contribution is -2.33. The molecule has 0 saturated heterocycles. The minimum atomic E-state index is -0.274. The van der Waals surface area contributed by atoms with E-state index in [1.54, 1.807) is 12.0 Å². The van der Waals surface area contributed by atoms with E-state index in [0.717, 1.165) is 12.8 Å². The molecule has 2 rings (SSSR count). The van der Waals surface area contributed by atoms with Crippen molar-refractivity contribution in [3.8, 4) is 0 Å². The Labute approximate surface area is 144 Å². The van der Waals surface area contributed by atoms with Gasteiger partial charge < -0.3 is 10.1 Å². The Morgan fingerprint density at radius 1 is 1.48 bits per heavy atom. The predicted molar refractivity (Wildman–Crippen MR) is 90.9 cm³/mol. The van der Waals surface area contributed by atoms with Gasteiger partial charge in [-0.2, -0.15) is 0 Å². The first kappa shape index (κ1) is 18.2. The molecular weight excluding hydrogens is 336 g/mol. The number of nitrogens with zero attached hydrogens (tertiary/aromatic N) is 3. The van der Waals surface area contributed by atoms with Crippen LogP contribution in [-0.2, 0) is 14.3 Å². The van der Waals surface area contributed by atoms with Crippen molar-refractivity contribution in [2.45, 2.75) is 48.7 Å². The van der Waals surface area contributed by atoms with Crippen LogP contribution in [-0.4, -0.2) is 53.6 Å². The van der Waals surface area contributed by atoms with Crippen molar-refractivity contribution >= 4 is 40.0 Å². The Morgan fingerprint density at radius 3 is 2.83 bits per heavy atom. The van der Waals surface area contributed by atoms with Gasteiger partial charge in [0.2, 0.25) is 16.9 Å². The SMILES string of the molecule is CCC(=O)N(c1nnc(S[C@@H](C)C(=O)NCCOC)s1)C1CC1. The van der Waals surface area contributed by atoms with Crippen molar-refractivity contribution in [1.29, 1.82) is 0 Å². The molecule has 1 N–H and O–H groups in total. The zero-order valence-corrected chi connectivity index (χ0v) is 15.2. The van der Waals surface area contributed by atoms with Gasteiger partial charge in [-0.1, -0.05) is 30.0 Å². The summed E-state index contributed by atoms with van der Waals surface area (Å²) in [6.07, 6.45) is 2.50. The van der Waals surface area contributed by atoms with Gasteiger partial charge in [0.25, 0.3) is 0 Å². The number of hydrogen-bond acceptors (Lipinski definition) is 7. The first-order valence-corrected chi connectivity index (χ1v) is 9.35. The molecule has 7 nitrogen and oxygen atoms in total. The average molecular weight is 358 g/mol. The number of anilines is 1. The molecule has 0 bridgehead atoms. The van der Waals surface area contributed by atoms with Gasteiger partial charge in [0.15, 0.2) is 4.34 Å². The van der Waals surface area contributed by atoms with Crippen molar-refractivity contribution in [3.05, 3.63) is 0 Å². The quantitative estimate of drug-likeness (QED) is 0.411. The number of rotatable bonds is 9. The third kappa shape index (κ3) is 5.15. The molecule has 1 heterocycles. The number of nitrogens with one attached hydrogen (secondary N) is 1. The summed E-state index contributed by atoms with van der Waals surface area (Å²) in [4.78, 5) is 25.8. The van der Waals surface area contributed by atoms with E-state index in [1.165, 1.54) is 23.1 Å². The molecule has 1 aliphatic carbocycles. The summed E-state index contributed by atoms with van der Waals surface area (Å²) in [6.45, 7) is 4.65. The Bertz CT molecular complexity index is 548. The van der Waals surface area contributed by atoms with Crippen LogP contribution in [0.3, 0.4) is 0 Å². The van der Waals surface area contributed by atoms with Crippen LogP contribution in [0.15, 0.2) is 4.34 Å². The first-order valence-electron chi connectivity index (χ1n) is 7.65. The fourth-order valence-electron chi connectivity index (χ4n) is 1.94. The summed E-state index contributed by atoms with van der Waals surface area (Å²) in [7, 11) is 1.59. The molecule has 1 atom stereocenters. The van der Waals surface area contributed by atoms with Crippen LogP contribution in [0.25, 0.3) is 0 Å². The second-order valence-electron chi connectivity index (χ2n) is 5.24. The lowest BCUT2D eigenvalue weighted by Gasteiger charge is -2.17. The molecule has 1 fully saturated rings. The highest BCUT2D eigenvalue weighted by atomic mass is 32.2. The van der Waals surface area contributed by atoms with E-state index >= 15 is 0 Å². The molecule has 0 aliphatic heterocycles. The van der Waals surface area contributed by atoms with E-state index < -0.39 is 0 Å². The monoisotopic (exact) mass is 358 g/mol. The standard InChI is InChI=1S/C14H22N4O3S2/c1-4-11(19)18(10-5-6-10)13-16-17-14(23-13)22-9(2)12(20)15-7-8-21-3/h9-10H,4-8H2,1-3H3,(H,15,20)/t9-/m0/s1. The van der Waals surface area contributed by atoms with E-state index in [-0.39, 0.29) is 23.1 Å². The van der Waals surface area contributed by atoms with Crippen LogP contribution in [0.1, 0.15) is 33.1 Å². The van der Waals surface area contributed by atoms with Gasteiger partial charge in [0.05, 0.1) is 11.9 Å². The second kappa shape index (κ2) is 8.60. The number of ether oxygens (including phenoxy) is 1. The number of methoxy groups -OCH3 is 1. The van der Waals surface area contributed by atoms with Gasteiger partial charge in [-0.05, 0) is 19.8 Å². The maximum absolute atomic E-state index is 12.1. The predicted octanol–water partition coefficient (Wildman–Crippen LogP) is 1.69. The average Bonchev–Trinajstić information content (AvgIpc) is 3.27. The lowest BCUT2D eigenvalue weighted by atomic mass is 10.4. The van der Waals surface area contributed by atoms with Gasteiger partial charge in [-0.25, -0.2) is 0 Å². The van der Waals surface area contributed by atoms with E-state index in [0.29, 0.717) is 29.0 Å². The molecule has 1 aliphatic rings. The molecular formula is C14H22N4O3S2. The van der Waals surface area contributed by atoms with Gasteiger partial charge in [-0.3, -0.25) is 14.5 Å². The molecule has 1 aromatic heterocycles. The second-order valence-corrected chi connectivity index (χ2v) is 7.79. The van der Waals surface area contributed by atoms with Crippen LogP contribution < -0.4 is 10.2 Å². The number of carbonyl (C=O) groups is 2. The van der Waals surface area contributed by atoms with Gasteiger partial charge in [0.1, 0.15) is 0 Å². The molecule has 23 heavy (non-hydrogen) atoms. The topological polar surface area (TPSA) is 84.4 Å². The Hall–Kier alpha value is -1.19. The Balaban J connectivity index is 1.93. The number of aromatic nitrogens is 2. The number of carbonyl (C=O) groups excluding carboxylic acids is 2. The minimum absolute atomic E-state index is 0.0625. The zero-order valence-electron chi connectivity index (χ0n) is 13.6. The molecule has 1 aromatic rings. The highest BCUT2D eigenvalue weighted by Gasteiger charge is 2.35. The van der Waals surface area contributed by atoms with Crippen molar-refractivity contribution in [2.24, 2.45) is 0 Å². The molecule has 128 valence electrons. The van der Waals surface area contributed by atoms with Crippen LogP contribution in [0.2, 0.25) is 0 Å². The summed E-state index contributed by atoms with van der Waals surface area (Å²) >= 11 is 2.72. The van der Waals surface area contributed by atoms with E-state index in [9.17, 15) is 9.59 Å². The molecule has 0 aromatic carbocycles. The highest BCUT2D eigenvalue weighted by molar-refractivity contribution is 8.02. The molecule has 0 radical (unpaired) electrons. The minimum Gasteiger partial charge on any atom is -0.383 e. The normalized spacial score (nSPS) is 15.3. The maximum Gasteiger partial charge on any atom is 0.233 e. The zero-order chi connectivity index (χ0) is 16.8. The Kier molecular flexibility index (Phi) is 6.79. The van der Waals surface area contributed by atoms with Crippen molar-refractivity contribution in [1.82, 2.24) is 15.5 Å². The first-order chi connectivity index (χ1) is 11.1. The summed E-state index contributed by atoms with van der Waals surface area (Å²) in [6, 6.07) is 0.267. The van der Waals surface area contributed by atoms with Gasteiger partial charge in [-0.15, -0.1) is 10.2 Å². The van der Waals surface area contributed by atoms with E-state index in [2.05, 4.69) is 15.5 Å². The lowest BCUT2D eigenvalue weighted by molar-refractivity contribution is -0.120. The maximum atomic E-state index is 12.1.